The van der Waals surface area contributed by atoms with Gasteiger partial charge in [-0.3, -0.25) is 14.9 Å². The summed E-state index contributed by atoms with van der Waals surface area (Å²) in [5.41, 5.74) is 0.126. The monoisotopic (exact) mass is 389 g/mol. The minimum Gasteiger partial charge on any atom is -0.493 e. The summed E-state index contributed by atoms with van der Waals surface area (Å²) in [6.07, 6.45) is 3.17. The number of hydrogen-bond acceptors (Lipinski definition) is 6. The normalized spacial score (nSPS) is 11.7. The first-order chi connectivity index (χ1) is 12.7. The second-order valence-corrected chi connectivity index (χ2v) is 7.56. The van der Waals surface area contributed by atoms with Crippen molar-refractivity contribution in [3.8, 4) is 11.5 Å². The fourth-order valence-corrected chi connectivity index (χ4v) is 2.55. The van der Waals surface area contributed by atoms with Gasteiger partial charge in [0, 0.05) is 17.0 Å². The molecule has 1 aromatic heterocycles. The highest BCUT2D eigenvalue weighted by Crippen LogP contribution is 2.28. The van der Waals surface area contributed by atoms with Crippen LogP contribution in [0.2, 0.25) is 0 Å². The van der Waals surface area contributed by atoms with E-state index >= 15 is 0 Å². The van der Waals surface area contributed by atoms with Crippen LogP contribution in [0, 0.1) is 5.41 Å². The number of rotatable bonds is 6. The van der Waals surface area contributed by atoms with Gasteiger partial charge in [0.1, 0.15) is 5.70 Å². The number of thiazole rings is 1. The number of hydrogen-bond donors (Lipinski definition) is 2. The number of ether oxygens (including phenoxy) is 2. The Morgan fingerprint density at radius 1 is 1.15 bits per heavy atom. The maximum Gasteiger partial charge on any atom is 0.273 e. The molecule has 0 unspecified atom stereocenters. The Hall–Kier alpha value is -2.87. The van der Waals surface area contributed by atoms with E-state index in [2.05, 4.69) is 15.6 Å². The molecule has 8 heteroatoms. The summed E-state index contributed by atoms with van der Waals surface area (Å²) in [4.78, 5) is 29.1. The molecule has 27 heavy (non-hydrogen) atoms. The van der Waals surface area contributed by atoms with Crippen LogP contribution in [0.3, 0.4) is 0 Å². The molecule has 0 bridgehead atoms. The van der Waals surface area contributed by atoms with Crippen LogP contribution in [0.15, 0.2) is 35.5 Å². The second kappa shape index (κ2) is 8.68. The highest BCUT2D eigenvalue weighted by Gasteiger charge is 2.24. The molecule has 2 amide bonds. The van der Waals surface area contributed by atoms with E-state index in [1.807, 2.05) is 0 Å². The lowest BCUT2D eigenvalue weighted by Gasteiger charge is -2.19. The maximum absolute atomic E-state index is 12.7. The van der Waals surface area contributed by atoms with Gasteiger partial charge in [0.2, 0.25) is 5.91 Å². The van der Waals surface area contributed by atoms with Crippen molar-refractivity contribution in [3.05, 3.63) is 41.0 Å². The van der Waals surface area contributed by atoms with Gasteiger partial charge < -0.3 is 14.8 Å². The molecule has 0 aliphatic rings. The van der Waals surface area contributed by atoms with Crippen LogP contribution in [0.5, 0.6) is 11.5 Å². The molecule has 1 heterocycles. The molecule has 0 atom stereocenters. The molecule has 2 rings (SSSR count). The van der Waals surface area contributed by atoms with Crippen molar-refractivity contribution in [1.82, 2.24) is 10.3 Å². The first-order valence-electron chi connectivity index (χ1n) is 8.20. The quantitative estimate of drug-likeness (QED) is 0.740. The Morgan fingerprint density at radius 2 is 1.85 bits per heavy atom. The van der Waals surface area contributed by atoms with Crippen molar-refractivity contribution in [3.63, 3.8) is 0 Å². The molecular formula is C19H23N3O4S. The molecule has 0 spiro atoms. The van der Waals surface area contributed by atoms with E-state index in [0.717, 1.165) is 0 Å². The average Bonchev–Trinajstić information content (AvgIpc) is 3.13. The lowest BCUT2D eigenvalue weighted by Crippen LogP contribution is -2.38. The number of benzene rings is 1. The van der Waals surface area contributed by atoms with Crippen LogP contribution >= 0.6 is 11.3 Å². The number of aromatic nitrogens is 1. The third-order valence-electron chi connectivity index (χ3n) is 3.55. The molecule has 2 aromatic rings. The predicted molar refractivity (Wildman–Crippen MR) is 106 cm³/mol. The number of methoxy groups -OCH3 is 2. The van der Waals surface area contributed by atoms with Gasteiger partial charge in [0.25, 0.3) is 5.91 Å². The molecule has 0 saturated carbocycles. The van der Waals surface area contributed by atoms with Gasteiger partial charge in [0.05, 0.1) is 14.2 Å². The summed E-state index contributed by atoms with van der Waals surface area (Å²) >= 11 is 1.29. The highest BCUT2D eigenvalue weighted by molar-refractivity contribution is 7.13. The Bertz CT molecular complexity index is 839. The third-order valence-corrected chi connectivity index (χ3v) is 4.23. The lowest BCUT2D eigenvalue weighted by atomic mass is 9.95. The fraction of sp³-hybridized carbons (Fsp3) is 0.316. The highest BCUT2D eigenvalue weighted by atomic mass is 32.1. The Labute approximate surface area is 162 Å². The number of nitrogens with one attached hydrogen (secondary N) is 2. The fourth-order valence-electron chi connectivity index (χ4n) is 2.03. The number of amides is 2. The molecule has 0 fully saturated rings. The summed E-state index contributed by atoms with van der Waals surface area (Å²) < 4.78 is 10.5. The minimum absolute atomic E-state index is 0.109. The van der Waals surface area contributed by atoms with Crippen molar-refractivity contribution < 1.29 is 19.1 Å². The Balaban J connectivity index is 2.37. The van der Waals surface area contributed by atoms with Crippen molar-refractivity contribution in [2.45, 2.75) is 20.8 Å². The van der Waals surface area contributed by atoms with Crippen LogP contribution in [-0.4, -0.2) is 31.0 Å². The van der Waals surface area contributed by atoms with E-state index in [4.69, 9.17) is 9.47 Å². The topological polar surface area (TPSA) is 89.5 Å². The van der Waals surface area contributed by atoms with Crippen molar-refractivity contribution in [2.75, 3.05) is 19.5 Å². The standard InChI is InChI=1S/C19H23N3O4S/c1-19(2,3)17(24)21-13(16(23)22-18-20-8-9-27-18)10-12-6-7-14(25-4)15(11-12)26-5/h6-11H,1-5H3,(H,21,24)(H,20,22,23)/b13-10+. The first-order valence-corrected chi connectivity index (χ1v) is 9.08. The summed E-state index contributed by atoms with van der Waals surface area (Å²) in [5, 5.41) is 7.58. The number of carbonyl (C=O) groups excluding carboxylic acids is 2. The van der Waals surface area contributed by atoms with Crippen molar-refractivity contribution in [2.24, 2.45) is 5.41 Å². The van der Waals surface area contributed by atoms with E-state index < -0.39 is 11.3 Å². The van der Waals surface area contributed by atoms with Gasteiger partial charge in [-0.2, -0.15) is 0 Å². The molecule has 144 valence electrons. The van der Waals surface area contributed by atoms with E-state index in [0.29, 0.717) is 22.2 Å². The van der Waals surface area contributed by atoms with E-state index in [-0.39, 0.29) is 11.6 Å². The van der Waals surface area contributed by atoms with Crippen molar-refractivity contribution >= 4 is 34.4 Å². The van der Waals surface area contributed by atoms with Crippen LogP contribution in [-0.2, 0) is 9.59 Å². The van der Waals surface area contributed by atoms with Gasteiger partial charge >= 0.3 is 0 Å². The van der Waals surface area contributed by atoms with Gasteiger partial charge in [-0.15, -0.1) is 11.3 Å². The van der Waals surface area contributed by atoms with Crippen LogP contribution in [0.1, 0.15) is 26.3 Å². The SMILES string of the molecule is COc1ccc(/C=C(/NC(=O)C(C)(C)C)C(=O)Nc2nccs2)cc1OC. The predicted octanol–water partition coefficient (Wildman–Crippen LogP) is 3.30. The van der Waals surface area contributed by atoms with E-state index in [1.54, 1.807) is 63.7 Å². The maximum atomic E-state index is 12.7. The summed E-state index contributed by atoms with van der Waals surface area (Å²) in [5.74, 6) is 0.357. The van der Waals surface area contributed by atoms with Gasteiger partial charge in [-0.25, -0.2) is 4.98 Å². The van der Waals surface area contributed by atoms with E-state index in [9.17, 15) is 9.59 Å². The lowest BCUT2D eigenvalue weighted by molar-refractivity contribution is -0.128. The number of anilines is 1. The third kappa shape index (κ3) is 5.55. The summed E-state index contributed by atoms with van der Waals surface area (Å²) in [6, 6.07) is 5.21. The zero-order chi connectivity index (χ0) is 20.0. The Morgan fingerprint density at radius 3 is 2.41 bits per heavy atom. The summed E-state index contributed by atoms with van der Waals surface area (Å²) in [7, 11) is 3.08. The smallest absolute Gasteiger partial charge is 0.273 e. The number of nitrogens with zero attached hydrogens (tertiary/aromatic N) is 1. The van der Waals surface area contributed by atoms with Gasteiger partial charge in [-0.1, -0.05) is 26.8 Å². The minimum atomic E-state index is -0.655. The van der Waals surface area contributed by atoms with Crippen LogP contribution in [0.4, 0.5) is 5.13 Å². The van der Waals surface area contributed by atoms with Gasteiger partial charge in [0.15, 0.2) is 16.6 Å². The molecule has 0 saturated heterocycles. The van der Waals surface area contributed by atoms with Crippen LogP contribution < -0.4 is 20.1 Å². The molecule has 0 radical (unpaired) electrons. The van der Waals surface area contributed by atoms with Crippen molar-refractivity contribution in [1.29, 1.82) is 0 Å². The first kappa shape index (κ1) is 20.4. The average molecular weight is 389 g/mol. The number of carbonyl (C=O) groups is 2. The molecule has 7 nitrogen and oxygen atoms in total. The van der Waals surface area contributed by atoms with E-state index in [1.165, 1.54) is 18.4 Å². The van der Waals surface area contributed by atoms with Crippen LogP contribution in [0.25, 0.3) is 6.08 Å². The Kier molecular flexibility index (Phi) is 6.57. The second-order valence-electron chi connectivity index (χ2n) is 6.67. The molecule has 0 aliphatic carbocycles. The molecule has 1 aromatic carbocycles. The largest absolute Gasteiger partial charge is 0.493 e. The molecular weight excluding hydrogens is 366 g/mol. The zero-order valence-corrected chi connectivity index (χ0v) is 16.8. The molecule has 2 N–H and O–H groups in total. The van der Waals surface area contributed by atoms with Gasteiger partial charge in [-0.05, 0) is 23.8 Å². The summed E-state index contributed by atoms with van der Waals surface area (Å²) in [6.45, 7) is 5.32. The molecule has 0 aliphatic heterocycles. The zero-order valence-electron chi connectivity index (χ0n) is 16.0.